The molecule has 89 heavy (non-hydrogen) atoms. The van der Waals surface area contributed by atoms with Gasteiger partial charge in [-0.1, -0.05) is 325 Å². The third-order valence-electron chi connectivity index (χ3n) is 18.2. The number of ether oxygens (including phenoxy) is 2. The van der Waals surface area contributed by atoms with E-state index in [1.54, 1.807) is 0 Å². The Balaban J connectivity index is 2.19. The first-order valence-corrected chi connectivity index (χ1v) is 38.2. The Hall–Kier alpha value is -2.19. The SMILES string of the molecule is CCCCCCCCCCCCC/C=C\C/C=C\CCCCCCCCCCCCCCCCCCC(O)C(=O)NC(COC1OC(CO)C(O)C(O)C1O)C(O)C(O)CCC/C=C/CC/C=C/CC/C=C/CCCCCCCCCCCCCCCCC. The van der Waals surface area contributed by atoms with Crippen LogP contribution in [0.3, 0.4) is 0 Å². The molecule has 1 aliphatic rings. The maximum atomic E-state index is 13.3. The lowest BCUT2D eigenvalue weighted by Gasteiger charge is -2.40. The third kappa shape index (κ3) is 52.8. The molecule has 0 aromatic heterocycles. The highest BCUT2D eigenvalue weighted by Crippen LogP contribution is 2.24. The fourth-order valence-corrected chi connectivity index (χ4v) is 12.2. The number of hydrogen-bond donors (Lipinski definition) is 8. The van der Waals surface area contributed by atoms with Crippen LogP contribution in [0.2, 0.25) is 0 Å². The lowest BCUT2D eigenvalue weighted by molar-refractivity contribution is -0.303. The van der Waals surface area contributed by atoms with Crippen LogP contribution >= 0.6 is 0 Å². The zero-order chi connectivity index (χ0) is 64.6. The fourth-order valence-electron chi connectivity index (χ4n) is 12.2. The molecule has 522 valence electrons. The van der Waals surface area contributed by atoms with Gasteiger partial charge in [-0.2, -0.15) is 0 Å². The molecule has 1 amide bonds. The van der Waals surface area contributed by atoms with Crippen molar-refractivity contribution in [1.82, 2.24) is 5.32 Å². The molecule has 1 fully saturated rings. The maximum absolute atomic E-state index is 13.3. The van der Waals surface area contributed by atoms with Gasteiger partial charge in [-0.15, -0.1) is 0 Å². The van der Waals surface area contributed by atoms with Crippen molar-refractivity contribution in [2.45, 2.75) is 416 Å². The molecule has 11 nitrogen and oxygen atoms in total. The van der Waals surface area contributed by atoms with Crippen molar-refractivity contribution in [2.75, 3.05) is 13.2 Å². The summed E-state index contributed by atoms with van der Waals surface area (Å²) < 4.78 is 11.2. The van der Waals surface area contributed by atoms with Crippen LogP contribution in [-0.2, 0) is 14.3 Å². The summed E-state index contributed by atoms with van der Waals surface area (Å²) >= 11 is 0. The van der Waals surface area contributed by atoms with Gasteiger partial charge in [-0.3, -0.25) is 4.79 Å². The summed E-state index contributed by atoms with van der Waals surface area (Å²) in [5.74, 6) is -0.709. The number of rotatable bonds is 67. The van der Waals surface area contributed by atoms with E-state index in [9.17, 15) is 40.5 Å². The highest BCUT2D eigenvalue weighted by atomic mass is 16.7. The van der Waals surface area contributed by atoms with Crippen LogP contribution in [-0.4, -0.2) is 110 Å². The lowest BCUT2D eigenvalue weighted by Crippen LogP contribution is -2.60. The molecule has 8 N–H and O–H groups in total. The average Bonchev–Trinajstić information content (AvgIpc) is 1.72. The van der Waals surface area contributed by atoms with Crippen molar-refractivity contribution in [3.8, 4) is 0 Å². The van der Waals surface area contributed by atoms with Crippen molar-refractivity contribution in [2.24, 2.45) is 0 Å². The quantitative estimate of drug-likeness (QED) is 0.0215. The fraction of sp³-hybridized carbons (Fsp3) is 0.859. The van der Waals surface area contributed by atoms with E-state index in [2.05, 4.69) is 79.9 Å². The number of carbonyl (C=O) groups excluding carboxylic acids is 1. The van der Waals surface area contributed by atoms with Crippen LogP contribution in [0.1, 0.15) is 361 Å². The van der Waals surface area contributed by atoms with Crippen LogP contribution in [0.15, 0.2) is 60.8 Å². The van der Waals surface area contributed by atoms with Gasteiger partial charge in [-0.25, -0.2) is 0 Å². The molecule has 1 heterocycles. The number of amides is 1. The monoisotopic (exact) mass is 1260 g/mol. The summed E-state index contributed by atoms with van der Waals surface area (Å²) in [6.45, 7) is 3.49. The van der Waals surface area contributed by atoms with E-state index in [0.717, 1.165) is 51.4 Å². The van der Waals surface area contributed by atoms with Crippen molar-refractivity contribution >= 4 is 5.91 Å². The van der Waals surface area contributed by atoms with Gasteiger partial charge in [0.2, 0.25) is 5.91 Å². The zero-order valence-corrected chi connectivity index (χ0v) is 57.9. The molecule has 11 heteroatoms. The molecule has 9 atom stereocenters. The second kappa shape index (κ2) is 65.9. The molecule has 0 aromatic carbocycles. The summed E-state index contributed by atoms with van der Waals surface area (Å²) in [7, 11) is 0. The van der Waals surface area contributed by atoms with Gasteiger partial charge >= 0.3 is 0 Å². The van der Waals surface area contributed by atoms with Gasteiger partial charge in [-0.05, 0) is 96.3 Å². The van der Waals surface area contributed by atoms with Crippen LogP contribution in [0.25, 0.3) is 0 Å². The second-order valence-electron chi connectivity index (χ2n) is 26.7. The molecular weight excluding hydrogens is 1110 g/mol. The molecule has 0 aliphatic carbocycles. The van der Waals surface area contributed by atoms with E-state index in [0.29, 0.717) is 19.3 Å². The van der Waals surface area contributed by atoms with E-state index >= 15 is 0 Å². The standard InChI is InChI=1S/C78H145NO10/c1-3-5-7-9-11-13-15-17-19-21-23-25-27-29-31-33-34-35-36-37-38-40-42-44-46-48-50-52-54-56-58-60-62-64-66-71(82)77(87)79-69(68-88-78-76(86)75(85)74(84)72(67-80)89-78)73(83)70(81)65-63-61-59-57-55-53-51-49-47-45-43-41-39-32-30-28-26-24-22-20-18-16-14-12-10-8-6-4-2/h27,29,33-34,41,43,49,51,57,59,69-76,78,80-86H,3-26,28,30-32,35-40,42,44-48,50,52-56,58,60-68H2,1-2H3,(H,79,87)/b29-27-,34-33-,43-41+,51-49+,59-57+. The molecule has 0 radical (unpaired) electrons. The van der Waals surface area contributed by atoms with Crippen LogP contribution in [0.5, 0.6) is 0 Å². The van der Waals surface area contributed by atoms with Crippen molar-refractivity contribution in [3.05, 3.63) is 60.8 Å². The Labute approximate surface area is 548 Å². The molecule has 1 rings (SSSR count). The number of aliphatic hydroxyl groups is 7. The van der Waals surface area contributed by atoms with Crippen LogP contribution < -0.4 is 5.32 Å². The maximum Gasteiger partial charge on any atom is 0.249 e. The van der Waals surface area contributed by atoms with Gasteiger partial charge in [0, 0.05) is 0 Å². The first-order valence-electron chi connectivity index (χ1n) is 38.2. The normalized spacial score (nSPS) is 18.9. The van der Waals surface area contributed by atoms with E-state index in [-0.39, 0.29) is 12.8 Å². The van der Waals surface area contributed by atoms with Crippen molar-refractivity contribution in [3.63, 3.8) is 0 Å². The Morgan fingerprint density at radius 3 is 1.07 bits per heavy atom. The Morgan fingerprint density at radius 2 is 0.708 bits per heavy atom. The largest absolute Gasteiger partial charge is 0.394 e. The smallest absolute Gasteiger partial charge is 0.249 e. The van der Waals surface area contributed by atoms with Gasteiger partial charge in [0.05, 0.1) is 25.4 Å². The number of allylic oxidation sites excluding steroid dienone is 10. The number of nitrogens with one attached hydrogen (secondary N) is 1. The van der Waals surface area contributed by atoms with Crippen molar-refractivity contribution < 1.29 is 50.0 Å². The minimum atomic E-state index is -1.68. The molecule has 0 bridgehead atoms. The summed E-state index contributed by atoms with van der Waals surface area (Å²) in [4.78, 5) is 13.3. The van der Waals surface area contributed by atoms with E-state index in [4.69, 9.17) is 9.47 Å². The van der Waals surface area contributed by atoms with Crippen molar-refractivity contribution in [1.29, 1.82) is 0 Å². The Kier molecular flexibility index (Phi) is 62.8. The Bertz CT molecular complexity index is 1630. The highest BCUT2D eigenvalue weighted by Gasteiger charge is 2.44. The Morgan fingerprint density at radius 1 is 0.393 bits per heavy atom. The highest BCUT2D eigenvalue weighted by molar-refractivity contribution is 5.80. The molecule has 9 unspecified atom stereocenters. The predicted octanol–water partition coefficient (Wildman–Crippen LogP) is 19.3. The minimum Gasteiger partial charge on any atom is -0.394 e. The lowest BCUT2D eigenvalue weighted by atomic mass is 9.98. The molecular formula is C78H145NO10. The topological polar surface area (TPSA) is 189 Å². The van der Waals surface area contributed by atoms with Gasteiger partial charge < -0.3 is 50.5 Å². The van der Waals surface area contributed by atoms with E-state index in [1.165, 1.54) is 263 Å². The summed E-state index contributed by atoms with van der Waals surface area (Å²) in [5, 5.41) is 76.6. The molecule has 0 aromatic rings. The summed E-state index contributed by atoms with van der Waals surface area (Å²) in [6, 6.07) is -1.20. The van der Waals surface area contributed by atoms with E-state index in [1.807, 2.05) is 0 Å². The zero-order valence-electron chi connectivity index (χ0n) is 57.9. The number of unbranched alkanes of at least 4 members (excludes halogenated alkanes) is 45. The molecule has 1 aliphatic heterocycles. The van der Waals surface area contributed by atoms with E-state index < -0.39 is 74.2 Å². The predicted molar refractivity (Wildman–Crippen MR) is 376 cm³/mol. The third-order valence-corrected chi connectivity index (χ3v) is 18.2. The number of aliphatic hydroxyl groups excluding tert-OH is 7. The van der Waals surface area contributed by atoms with Gasteiger partial charge in [0.15, 0.2) is 6.29 Å². The summed E-state index contributed by atoms with van der Waals surface area (Å²) in [6.07, 6.45) is 77.5. The van der Waals surface area contributed by atoms with Gasteiger partial charge in [0.1, 0.15) is 36.6 Å². The molecule has 1 saturated heterocycles. The molecule has 0 spiro atoms. The van der Waals surface area contributed by atoms with Gasteiger partial charge in [0.25, 0.3) is 0 Å². The molecule has 0 saturated carbocycles. The van der Waals surface area contributed by atoms with Crippen LogP contribution in [0.4, 0.5) is 0 Å². The summed E-state index contributed by atoms with van der Waals surface area (Å²) in [5.41, 5.74) is 0. The minimum absolute atomic E-state index is 0.241. The number of carbonyl (C=O) groups is 1. The average molecular weight is 1260 g/mol. The number of hydrogen-bond acceptors (Lipinski definition) is 10. The first kappa shape index (κ1) is 84.8. The first-order chi connectivity index (χ1) is 43.7. The van der Waals surface area contributed by atoms with Crippen LogP contribution in [0, 0.1) is 0 Å². The second-order valence-corrected chi connectivity index (χ2v) is 26.7.